The van der Waals surface area contributed by atoms with Crippen LogP contribution in [0.2, 0.25) is 0 Å². The Labute approximate surface area is 95.5 Å². The van der Waals surface area contributed by atoms with Gasteiger partial charge in [-0.25, -0.2) is 0 Å². The van der Waals surface area contributed by atoms with E-state index in [0.717, 1.165) is 13.0 Å². The van der Waals surface area contributed by atoms with E-state index < -0.39 is 0 Å². The molecule has 0 aliphatic rings. The number of rotatable bonds is 2. The second-order valence-electron chi connectivity index (χ2n) is 3.02. The predicted molar refractivity (Wildman–Crippen MR) is 69.0 cm³/mol. The Morgan fingerprint density at radius 2 is 1.47 bits per heavy atom. The van der Waals surface area contributed by atoms with Crippen LogP contribution >= 0.6 is 0 Å². The third-order valence-electron chi connectivity index (χ3n) is 1.42. The van der Waals surface area contributed by atoms with Crippen LogP contribution in [0, 0.1) is 6.92 Å². The fourth-order valence-corrected chi connectivity index (χ4v) is 0.645. The van der Waals surface area contributed by atoms with E-state index in [1.54, 1.807) is 7.11 Å². The lowest BCUT2D eigenvalue weighted by atomic mass is 10.2. The highest BCUT2D eigenvalue weighted by Gasteiger charge is 1.75. The molecule has 0 saturated heterocycles. The summed E-state index contributed by atoms with van der Waals surface area (Å²) in [5, 5.41) is 0. The van der Waals surface area contributed by atoms with Crippen molar-refractivity contribution in [2.45, 2.75) is 33.6 Å². The standard InChI is InChI=1S/C8H9.C3H8O.C3H8/c1-2-8-6-4-3-5-7-8;1-3-4-2;1-3-2/h3-7H,1-2H2;3H2,1-2H3;3H2,1-2H3/q-1;;. The fraction of sp³-hybridized carbons (Fsp3) is 0.500. The van der Waals surface area contributed by atoms with Crippen molar-refractivity contribution in [3.8, 4) is 0 Å². The molecule has 0 unspecified atom stereocenters. The number of ether oxygens (including phenoxy) is 1. The van der Waals surface area contributed by atoms with Gasteiger partial charge in [-0.05, 0) is 6.92 Å². The Morgan fingerprint density at radius 3 is 1.67 bits per heavy atom. The van der Waals surface area contributed by atoms with Crippen LogP contribution in [0.25, 0.3) is 0 Å². The van der Waals surface area contributed by atoms with Crippen LogP contribution in [0.3, 0.4) is 0 Å². The summed E-state index contributed by atoms with van der Waals surface area (Å²) in [5.74, 6) is 0. The van der Waals surface area contributed by atoms with Crippen molar-refractivity contribution < 1.29 is 4.74 Å². The van der Waals surface area contributed by atoms with E-state index in [9.17, 15) is 0 Å². The van der Waals surface area contributed by atoms with Crippen molar-refractivity contribution in [1.82, 2.24) is 0 Å². The molecular formula is C14H25O-. The van der Waals surface area contributed by atoms with Crippen molar-refractivity contribution in [3.05, 3.63) is 42.8 Å². The summed E-state index contributed by atoms with van der Waals surface area (Å²) < 4.78 is 4.54. The second-order valence-corrected chi connectivity index (χ2v) is 3.02. The second kappa shape index (κ2) is 15.6. The summed E-state index contributed by atoms with van der Waals surface area (Å²) in [6.45, 7) is 10.8. The molecule has 1 aromatic carbocycles. The summed E-state index contributed by atoms with van der Waals surface area (Å²) >= 11 is 0. The molecule has 0 heterocycles. The monoisotopic (exact) mass is 209 g/mol. The van der Waals surface area contributed by atoms with Gasteiger partial charge < -0.3 is 11.7 Å². The number of methoxy groups -OCH3 is 1. The Balaban J connectivity index is 0. The minimum absolute atomic E-state index is 0.819. The molecule has 0 aliphatic carbocycles. The van der Waals surface area contributed by atoms with E-state index in [2.05, 4.69) is 37.6 Å². The van der Waals surface area contributed by atoms with Gasteiger partial charge in [0.1, 0.15) is 0 Å². The Bertz CT molecular complexity index is 180. The van der Waals surface area contributed by atoms with Crippen molar-refractivity contribution >= 4 is 0 Å². The maximum Gasteiger partial charge on any atom is 0.0433 e. The molecule has 0 fully saturated rings. The fourth-order valence-electron chi connectivity index (χ4n) is 0.645. The lowest BCUT2D eigenvalue weighted by molar-refractivity contribution is 0.215. The van der Waals surface area contributed by atoms with Crippen LogP contribution < -0.4 is 0 Å². The quantitative estimate of drug-likeness (QED) is 0.665. The van der Waals surface area contributed by atoms with E-state index in [1.165, 1.54) is 12.0 Å². The van der Waals surface area contributed by atoms with Crippen LogP contribution in [0.1, 0.15) is 32.8 Å². The molecule has 1 aromatic rings. The summed E-state index contributed by atoms with van der Waals surface area (Å²) in [7, 11) is 1.68. The van der Waals surface area contributed by atoms with Gasteiger partial charge in [-0.1, -0.05) is 56.2 Å². The average molecular weight is 209 g/mol. The molecule has 0 amide bonds. The van der Waals surface area contributed by atoms with E-state index in [4.69, 9.17) is 0 Å². The Kier molecular flexibility index (Phi) is 17.3. The molecule has 0 atom stereocenters. The first-order valence-corrected chi connectivity index (χ1v) is 5.58. The van der Waals surface area contributed by atoms with Crippen LogP contribution in [0.15, 0.2) is 30.3 Å². The number of benzene rings is 1. The maximum atomic E-state index is 4.54. The van der Waals surface area contributed by atoms with Gasteiger partial charge in [0.15, 0.2) is 0 Å². The normalized spacial score (nSPS) is 8.07. The molecule has 0 aliphatic heterocycles. The van der Waals surface area contributed by atoms with Crippen molar-refractivity contribution in [1.29, 1.82) is 0 Å². The highest BCUT2D eigenvalue weighted by Crippen LogP contribution is 1.96. The number of hydrogen-bond donors (Lipinski definition) is 0. The van der Waals surface area contributed by atoms with Crippen LogP contribution in [0.5, 0.6) is 0 Å². The SMILES string of the molecule is CCC.CCOC.[CH2-]Cc1ccccc1. The van der Waals surface area contributed by atoms with Gasteiger partial charge in [0.25, 0.3) is 0 Å². The molecule has 0 N–H and O–H groups in total. The third-order valence-corrected chi connectivity index (χ3v) is 1.42. The minimum Gasteiger partial charge on any atom is -0.385 e. The van der Waals surface area contributed by atoms with Crippen molar-refractivity contribution in [3.63, 3.8) is 0 Å². The third kappa shape index (κ3) is 15.9. The molecule has 1 heteroatoms. The topological polar surface area (TPSA) is 9.23 Å². The van der Waals surface area contributed by atoms with E-state index in [-0.39, 0.29) is 0 Å². The molecule has 0 spiro atoms. The smallest absolute Gasteiger partial charge is 0.0433 e. The van der Waals surface area contributed by atoms with Gasteiger partial charge in [0, 0.05) is 13.7 Å². The van der Waals surface area contributed by atoms with Gasteiger partial charge >= 0.3 is 0 Å². The molecule has 0 radical (unpaired) electrons. The van der Waals surface area contributed by atoms with Crippen molar-refractivity contribution in [2.75, 3.05) is 13.7 Å². The molecule has 1 rings (SSSR count). The van der Waals surface area contributed by atoms with Gasteiger partial charge in [0.2, 0.25) is 0 Å². The van der Waals surface area contributed by atoms with Gasteiger partial charge in [0.05, 0.1) is 0 Å². The van der Waals surface area contributed by atoms with Crippen molar-refractivity contribution in [2.24, 2.45) is 0 Å². The largest absolute Gasteiger partial charge is 0.385 e. The zero-order chi connectivity index (χ0) is 11.9. The van der Waals surface area contributed by atoms with Crippen LogP contribution in [-0.4, -0.2) is 13.7 Å². The highest BCUT2D eigenvalue weighted by molar-refractivity contribution is 5.14. The molecular weight excluding hydrogens is 184 g/mol. The molecule has 0 aromatic heterocycles. The summed E-state index contributed by atoms with van der Waals surface area (Å²) in [6, 6.07) is 10.2. The lowest BCUT2D eigenvalue weighted by Gasteiger charge is -1.95. The molecule has 0 bridgehead atoms. The molecule has 0 saturated carbocycles. The van der Waals surface area contributed by atoms with Gasteiger partial charge in [-0.15, -0.1) is 0 Å². The zero-order valence-corrected chi connectivity index (χ0v) is 10.6. The zero-order valence-electron chi connectivity index (χ0n) is 10.6. The first-order valence-electron chi connectivity index (χ1n) is 5.58. The summed E-state index contributed by atoms with van der Waals surface area (Å²) in [5.41, 5.74) is 1.30. The van der Waals surface area contributed by atoms with Gasteiger partial charge in [-0.3, -0.25) is 0 Å². The van der Waals surface area contributed by atoms with E-state index >= 15 is 0 Å². The number of hydrogen-bond acceptors (Lipinski definition) is 1. The van der Waals surface area contributed by atoms with Gasteiger partial charge in [-0.2, -0.15) is 6.42 Å². The maximum absolute atomic E-state index is 4.54. The lowest BCUT2D eigenvalue weighted by Crippen LogP contribution is -1.74. The average Bonchev–Trinajstić information content (AvgIpc) is 2.31. The first-order chi connectivity index (χ1) is 7.26. The Morgan fingerprint density at radius 1 is 1.07 bits per heavy atom. The first kappa shape index (κ1) is 16.6. The minimum atomic E-state index is 0.819. The highest BCUT2D eigenvalue weighted by atomic mass is 16.5. The van der Waals surface area contributed by atoms with Crippen LogP contribution in [-0.2, 0) is 11.2 Å². The molecule has 1 nitrogen and oxygen atoms in total. The molecule has 88 valence electrons. The summed E-state index contributed by atoms with van der Waals surface area (Å²) in [4.78, 5) is 0. The molecule has 15 heavy (non-hydrogen) atoms. The Hall–Kier alpha value is -0.820. The predicted octanol–water partition coefficient (Wildman–Crippen LogP) is 4.13. The van der Waals surface area contributed by atoms with Crippen LogP contribution in [0.4, 0.5) is 0 Å². The van der Waals surface area contributed by atoms with E-state index in [1.807, 2.05) is 25.1 Å². The summed E-state index contributed by atoms with van der Waals surface area (Å²) in [6.07, 6.45) is 2.14. The van der Waals surface area contributed by atoms with E-state index in [0.29, 0.717) is 0 Å².